The van der Waals surface area contributed by atoms with Gasteiger partial charge in [0.1, 0.15) is 0 Å². The molecule has 1 aliphatic rings. The molecule has 9 heteroatoms. The van der Waals surface area contributed by atoms with Crippen molar-refractivity contribution in [1.29, 1.82) is 0 Å². The summed E-state index contributed by atoms with van der Waals surface area (Å²) < 4.78 is 1.87. The van der Waals surface area contributed by atoms with E-state index >= 15 is 0 Å². The average molecular weight is 322 g/mol. The van der Waals surface area contributed by atoms with E-state index in [1.54, 1.807) is 12.4 Å². The number of aromatic nitrogens is 4. The zero-order valence-electron chi connectivity index (χ0n) is 11.9. The van der Waals surface area contributed by atoms with E-state index in [0.29, 0.717) is 29.9 Å². The molecule has 2 aromatic rings. The van der Waals surface area contributed by atoms with Gasteiger partial charge in [-0.2, -0.15) is 9.97 Å². The van der Waals surface area contributed by atoms with E-state index in [0.717, 1.165) is 0 Å². The predicted octanol–water partition coefficient (Wildman–Crippen LogP) is 0.364. The maximum Gasteiger partial charge on any atom is 0.224 e. The first-order chi connectivity index (χ1) is 10.6. The van der Waals surface area contributed by atoms with E-state index in [1.807, 2.05) is 4.57 Å². The van der Waals surface area contributed by atoms with Crippen LogP contribution in [0.2, 0.25) is 0 Å². The minimum Gasteiger partial charge on any atom is -0.395 e. The normalized spacial score (nSPS) is 24.7. The van der Waals surface area contributed by atoms with E-state index in [2.05, 4.69) is 26.8 Å². The van der Waals surface area contributed by atoms with Crippen molar-refractivity contribution in [2.45, 2.75) is 23.1 Å². The van der Waals surface area contributed by atoms with Gasteiger partial charge in [0.25, 0.3) is 0 Å². The van der Waals surface area contributed by atoms with Gasteiger partial charge in [-0.3, -0.25) is 0 Å². The molecule has 3 rings (SSSR count). The molecule has 22 heavy (non-hydrogen) atoms. The second-order valence-electron chi connectivity index (χ2n) is 5.04. The van der Waals surface area contributed by atoms with Gasteiger partial charge in [0, 0.05) is 13.0 Å². The number of hydrogen-bond donors (Lipinski definition) is 4. The fourth-order valence-electron chi connectivity index (χ4n) is 2.49. The summed E-state index contributed by atoms with van der Waals surface area (Å²) in [7, 11) is 0. The zero-order chi connectivity index (χ0) is 15.7. The first-order valence-electron chi connectivity index (χ1n) is 6.93. The number of nitrogen functional groups attached to an aromatic ring is 1. The summed E-state index contributed by atoms with van der Waals surface area (Å²) in [5.41, 5.74) is 7.02. The fourth-order valence-corrected chi connectivity index (χ4v) is 3.86. The SMILES string of the molecule is C=CCNc1nc(N)nc2c1ncn2[C@@H]1C[C@H](O)[C@@H](CO)S1. The molecule has 5 N–H and O–H groups in total. The van der Waals surface area contributed by atoms with Crippen LogP contribution in [0, 0.1) is 0 Å². The third-order valence-corrected chi connectivity index (χ3v) is 5.09. The van der Waals surface area contributed by atoms with Crippen molar-refractivity contribution in [3.8, 4) is 0 Å². The predicted molar refractivity (Wildman–Crippen MR) is 86.5 cm³/mol. The number of nitrogens with two attached hydrogens (primary N) is 1. The number of aliphatic hydroxyl groups excluding tert-OH is 2. The summed E-state index contributed by atoms with van der Waals surface area (Å²) in [6.07, 6.45) is 3.37. The molecule has 0 aliphatic carbocycles. The Morgan fingerprint density at radius 3 is 3.05 bits per heavy atom. The van der Waals surface area contributed by atoms with Crippen molar-refractivity contribution < 1.29 is 10.2 Å². The molecule has 1 aliphatic heterocycles. The summed E-state index contributed by atoms with van der Waals surface area (Å²) in [6.45, 7) is 4.14. The number of thioether (sulfide) groups is 1. The Morgan fingerprint density at radius 2 is 2.36 bits per heavy atom. The van der Waals surface area contributed by atoms with Crippen LogP contribution in [0.4, 0.5) is 11.8 Å². The highest BCUT2D eigenvalue weighted by molar-refractivity contribution is 8.00. The molecule has 118 valence electrons. The van der Waals surface area contributed by atoms with E-state index in [9.17, 15) is 10.2 Å². The Labute approximate surface area is 131 Å². The summed E-state index contributed by atoms with van der Waals surface area (Å²) >= 11 is 1.51. The van der Waals surface area contributed by atoms with Crippen molar-refractivity contribution >= 4 is 34.7 Å². The topological polar surface area (TPSA) is 122 Å². The number of hydrogen-bond acceptors (Lipinski definition) is 8. The standard InChI is InChI=1S/C13H18N6O2S/c1-2-3-15-11-10-12(18-13(14)17-11)19(6-16-10)9-4-7(21)8(5-20)22-9/h2,6-9,20-21H,1,3-5H2,(H3,14,15,17,18)/t7-,8+,9-/m0/s1. The maximum absolute atomic E-state index is 9.96. The van der Waals surface area contributed by atoms with Crippen LogP contribution < -0.4 is 11.1 Å². The third-order valence-electron chi connectivity index (χ3n) is 3.55. The van der Waals surface area contributed by atoms with Gasteiger partial charge in [-0.25, -0.2) is 4.98 Å². The van der Waals surface area contributed by atoms with Gasteiger partial charge in [-0.1, -0.05) is 6.08 Å². The van der Waals surface area contributed by atoms with Crippen LogP contribution in [-0.4, -0.2) is 54.2 Å². The van der Waals surface area contributed by atoms with E-state index in [-0.39, 0.29) is 23.2 Å². The van der Waals surface area contributed by atoms with E-state index < -0.39 is 6.10 Å². The zero-order valence-corrected chi connectivity index (χ0v) is 12.7. The molecule has 0 spiro atoms. The van der Waals surface area contributed by atoms with Crippen LogP contribution in [0.3, 0.4) is 0 Å². The monoisotopic (exact) mass is 322 g/mol. The molecule has 8 nitrogen and oxygen atoms in total. The molecule has 3 atom stereocenters. The first kappa shape index (κ1) is 15.1. The van der Waals surface area contributed by atoms with Crippen molar-refractivity contribution in [1.82, 2.24) is 19.5 Å². The molecular weight excluding hydrogens is 304 g/mol. The smallest absolute Gasteiger partial charge is 0.224 e. The second kappa shape index (κ2) is 6.11. The maximum atomic E-state index is 9.96. The number of aliphatic hydroxyl groups is 2. The van der Waals surface area contributed by atoms with Crippen molar-refractivity contribution in [2.75, 3.05) is 24.2 Å². The second-order valence-corrected chi connectivity index (χ2v) is 6.46. The largest absolute Gasteiger partial charge is 0.395 e. The Hall–Kier alpha value is -1.84. The number of imidazole rings is 1. The van der Waals surface area contributed by atoms with Crippen molar-refractivity contribution in [3.05, 3.63) is 19.0 Å². The number of nitrogens with one attached hydrogen (secondary N) is 1. The minimum absolute atomic E-state index is 0.0429. The first-order valence-corrected chi connectivity index (χ1v) is 7.87. The molecule has 0 saturated carbocycles. The Kier molecular flexibility index (Phi) is 4.19. The van der Waals surface area contributed by atoms with Crippen LogP contribution >= 0.6 is 11.8 Å². The highest BCUT2D eigenvalue weighted by Gasteiger charge is 2.35. The summed E-state index contributed by atoms with van der Waals surface area (Å²) in [5, 5.41) is 22.1. The lowest BCUT2D eigenvalue weighted by atomic mass is 10.2. The van der Waals surface area contributed by atoms with Crippen LogP contribution in [0.5, 0.6) is 0 Å². The van der Waals surface area contributed by atoms with Gasteiger partial charge in [0.15, 0.2) is 17.0 Å². The Morgan fingerprint density at radius 1 is 1.55 bits per heavy atom. The summed E-state index contributed by atoms with van der Waals surface area (Å²) in [6, 6.07) is 0. The molecular formula is C13H18N6O2S. The number of rotatable bonds is 5. The van der Waals surface area contributed by atoms with Crippen LogP contribution in [0.15, 0.2) is 19.0 Å². The van der Waals surface area contributed by atoms with E-state index in [4.69, 9.17) is 5.73 Å². The number of fused-ring (bicyclic) bond motifs is 1. The van der Waals surface area contributed by atoms with E-state index in [1.165, 1.54) is 11.8 Å². The fraction of sp³-hybridized carbons (Fsp3) is 0.462. The molecule has 0 unspecified atom stereocenters. The molecule has 0 bridgehead atoms. The lowest BCUT2D eigenvalue weighted by molar-refractivity contribution is 0.138. The van der Waals surface area contributed by atoms with Gasteiger partial charge >= 0.3 is 0 Å². The Bertz CT molecular complexity index is 690. The summed E-state index contributed by atoms with van der Waals surface area (Å²) in [4.78, 5) is 12.8. The van der Waals surface area contributed by atoms with Gasteiger partial charge < -0.3 is 25.8 Å². The van der Waals surface area contributed by atoms with Crippen LogP contribution in [0.1, 0.15) is 11.8 Å². The molecule has 0 aromatic carbocycles. The van der Waals surface area contributed by atoms with Gasteiger partial charge in [0.2, 0.25) is 5.95 Å². The third kappa shape index (κ3) is 2.62. The van der Waals surface area contributed by atoms with Gasteiger partial charge in [-0.05, 0) is 0 Å². The highest BCUT2D eigenvalue weighted by atomic mass is 32.2. The van der Waals surface area contributed by atoms with Crippen LogP contribution in [-0.2, 0) is 0 Å². The number of anilines is 2. The lowest BCUT2D eigenvalue weighted by Crippen LogP contribution is -2.20. The van der Waals surface area contributed by atoms with Crippen LogP contribution in [0.25, 0.3) is 11.2 Å². The lowest BCUT2D eigenvalue weighted by Gasteiger charge is -2.12. The molecule has 2 aromatic heterocycles. The summed E-state index contributed by atoms with van der Waals surface area (Å²) in [5.74, 6) is 0.714. The molecule has 0 radical (unpaired) electrons. The number of nitrogens with zero attached hydrogens (tertiary/aromatic N) is 4. The molecule has 3 heterocycles. The van der Waals surface area contributed by atoms with Gasteiger partial charge in [-0.15, -0.1) is 18.3 Å². The van der Waals surface area contributed by atoms with Gasteiger partial charge in [0.05, 0.1) is 29.7 Å². The molecule has 0 amide bonds. The molecule has 1 saturated heterocycles. The van der Waals surface area contributed by atoms with Crippen molar-refractivity contribution in [2.24, 2.45) is 0 Å². The average Bonchev–Trinajstić information content (AvgIpc) is 3.07. The Balaban J connectivity index is 1.98. The highest BCUT2D eigenvalue weighted by Crippen LogP contribution is 2.42. The van der Waals surface area contributed by atoms with Crippen molar-refractivity contribution in [3.63, 3.8) is 0 Å². The minimum atomic E-state index is -0.546. The quantitative estimate of drug-likeness (QED) is 0.582. The molecule has 1 fully saturated rings.